The van der Waals surface area contributed by atoms with Crippen LogP contribution in [0, 0.1) is 6.92 Å². The highest BCUT2D eigenvalue weighted by Gasteiger charge is 2.00. The second kappa shape index (κ2) is 5.09. The number of rotatable bonds is 0. The zero-order valence-corrected chi connectivity index (χ0v) is 8.35. The van der Waals surface area contributed by atoms with Crippen LogP contribution >= 0.6 is 7.82 Å². The van der Waals surface area contributed by atoms with Gasteiger partial charge in [0.15, 0.2) is 11.9 Å². The molecule has 0 atom stereocenters. The van der Waals surface area contributed by atoms with Gasteiger partial charge in [-0.05, 0) is 0 Å². The molecule has 0 spiro atoms. The molecule has 0 unspecified atom stereocenters. The molecule has 1 heterocycles. The molecule has 5 nitrogen and oxygen atoms in total. The van der Waals surface area contributed by atoms with E-state index in [0.717, 1.165) is 0 Å². The first kappa shape index (κ1) is 12.3. The highest BCUT2D eigenvalue weighted by molar-refractivity contribution is 7.45. The van der Waals surface area contributed by atoms with E-state index in [-0.39, 0.29) is 0 Å². The van der Waals surface area contributed by atoms with Crippen LogP contribution in [0.5, 0.6) is 0 Å². The van der Waals surface area contributed by atoms with Crippen LogP contribution in [0.15, 0.2) is 24.4 Å². The van der Waals surface area contributed by atoms with E-state index in [4.69, 9.17) is 19.2 Å². The van der Waals surface area contributed by atoms with Crippen molar-refractivity contribution < 1.29 is 23.8 Å². The van der Waals surface area contributed by atoms with Crippen molar-refractivity contribution >= 4 is 7.82 Å². The number of nitrogens with zero attached hydrogens (tertiary/aromatic N) is 1. The Balaban J connectivity index is 0.000000252. The number of aryl methyl sites for hydroxylation is 2. The van der Waals surface area contributed by atoms with Gasteiger partial charge in [0.2, 0.25) is 0 Å². The van der Waals surface area contributed by atoms with Gasteiger partial charge in [0, 0.05) is 19.1 Å². The summed E-state index contributed by atoms with van der Waals surface area (Å²) >= 11 is 0. The van der Waals surface area contributed by atoms with Crippen LogP contribution in [0.1, 0.15) is 5.69 Å². The predicted octanol–water partition coefficient (Wildman–Crippen LogP) is -0.109. The SMILES string of the molecule is Cc1cccc[n+]1C.O=P(O)(O)O. The molecule has 0 saturated carbocycles. The second-order valence-corrected chi connectivity index (χ2v) is 3.49. The van der Waals surface area contributed by atoms with Crippen molar-refractivity contribution in [3.05, 3.63) is 30.1 Å². The summed E-state index contributed by atoms with van der Waals surface area (Å²) in [5.74, 6) is 0. The van der Waals surface area contributed by atoms with Crippen LogP contribution in [0.25, 0.3) is 0 Å². The molecule has 1 aromatic heterocycles. The van der Waals surface area contributed by atoms with Crippen molar-refractivity contribution in [2.45, 2.75) is 6.92 Å². The number of pyridine rings is 1. The van der Waals surface area contributed by atoms with Crippen LogP contribution in [0.2, 0.25) is 0 Å². The maximum Gasteiger partial charge on any atom is 0.466 e. The lowest BCUT2D eigenvalue weighted by Crippen LogP contribution is -2.30. The standard InChI is InChI=1S/C7H10N.H3O4P/c1-7-5-3-4-6-8(7)2;1-5(2,3)4/h3-6H,1-2H3;(H3,1,2,3,4)/q+1;. The van der Waals surface area contributed by atoms with Crippen molar-refractivity contribution in [2.24, 2.45) is 7.05 Å². The summed E-state index contributed by atoms with van der Waals surface area (Å²) in [6.07, 6.45) is 2.04. The minimum Gasteiger partial charge on any atom is -0.303 e. The second-order valence-electron chi connectivity index (χ2n) is 2.47. The molecular weight excluding hydrogens is 193 g/mol. The Morgan fingerprint density at radius 1 is 1.31 bits per heavy atom. The summed E-state index contributed by atoms with van der Waals surface area (Å²) in [5, 5.41) is 0. The zero-order valence-electron chi connectivity index (χ0n) is 7.45. The molecule has 0 bridgehead atoms. The van der Waals surface area contributed by atoms with E-state index < -0.39 is 7.82 Å². The van der Waals surface area contributed by atoms with Gasteiger partial charge in [0.05, 0.1) is 0 Å². The van der Waals surface area contributed by atoms with E-state index in [9.17, 15) is 0 Å². The molecule has 74 valence electrons. The molecule has 1 aromatic rings. The van der Waals surface area contributed by atoms with Gasteiger partial charge in [-0.1, -0.05) is 6.07 Å². The number of aromatic nitrogens is 1. The summed E-state index contributed by atoms with van der Waals surface area (Å²) in [5.41, 5.74) is 1.28. The molecule has 13 heavy (non-hydrogen) atoms. The van der Waals surface area contributed by atoms with E-state index >= 15 is 0 Å². The van der Waals surface area contributed by atoms with Gasteiger partial charge in [0.25, 0.3) is 0 Å². The number of hydrogen-bond donors (Lipinski definition) is 3. The molecule has 0 aliphatic heterocycles. The van der Waals surface area contributed by atoms with Gasteiger partial charge in [0.1, 0.15) is 7.05 Å². The maximum atomic E-state index is 8.88. The molecule has 0 radical (unpaired) electrons. The summed E-state index contributed by atoms with van der Waals surface area (Å²) in [7, 11) is -2.60. The van der Waals surface area contributed by atoms with Crippen LogP contribution in [0.3, 0.4) is 0 Å². The van der Waals surface area contributed by atoms with E-state index in [1.54, 1.807) is 0 Å². The summed E-state index contributed by atoms with van der Waals surface area (Å²) in [6, 6.07) is 6.14. The first-order valence-electron chi connectivity index (χ1n) is 3.50. The van der Waals surface area contributed by atoms with Crippen LogP contribution in [0.4, 0.5) is 0 Å². The van der Waals surface area contributed by atoms with Gasteiger partial charge >= 0.3 is 7.82 Å². The molecule has 0 aliphatic carbocycles. The highest BCUT2D eigenvalue weighted by atomic mass is 31.2. The molecule has 6 heteroatoms. The Morgan fingerprint density at radius 3 is 2.00 bits per heavy atom. The average molecular weight is 206 g/mol. The first-order valence-corrected chi connectivity index (χ1v) is 5.07. The van der Waals surface area contributed by atoms with Crippen LogP contribution in [-0.4, -0.2) is 14.7 Å². The fraction of sp³-hybridized carbons (Fsp3) is 0.286. The fourth-order valence-electron chi connectivity index (χ4n) is 0.609. The quantitative estimate of drug-likeness (QED) is 0.408. The topological polar surface area (TPSA) is 81.6 Å². The molecule has 0 aliphatic rings. The lowest BCUT2D eigenvalue weighted by atomic mass is 10.4. The lowest BCUT2D eigenvalue weighted by molar-refractivity contribution is -0.677. The van der Waals surface area contributed by atoms with Crippen molar-refractivity contribution in [3.63, 3.8) is 0 Å². The van der Waals surface area contributed by atoms with Crippen molar-refractivity contribution in [1.82, 2.24) is 0 Å². The Labute approximate surface area is 76.5 Å². The average Bonchev–Trinajstić information content (AvgIpc) is 1.92. The largest absolute Gasteiger partial charge is 0.466 e. The maximum absolute atomic E-state index is 8.88. The zero-order chi connectivity index (χ0) is 10.5. The molecule has 0 fully saturated rings. The minimum atomic E-state index is -4.64. The Hall–Kier alpha value is -0.740. The highest BCUT2D eigenvalue weighted by Crippen LogP contribution is 2.25. The van der Waals surface area contributed by atoms with Crippen LogP contribution < -0.4 is 4.57 Å². The van der Waals surface area contributed by atoms with Crippen LogP contribution in [-0.2, 0) is 11.6 Å². The van der Waals surface area contributed by atoms with E-state index in [1.165, 1.54) is 5.69 Å². The Morgan fingerprint density at radius 2 is 1.77 bits per heavy atom. The number of phosphoric acid groups is 1. The van der Waals surface area contributed by atoms with Gasteiger partial charge < -0.3 is 14.7 Å². The fourth-order valence-corrected chi connectivity index (χ4v) is 0.609. The van der Waals surface area contributed by atoms with E-state index in [1.807, 2.05) is 25.4 Å². The first-order chi connectivity index (χ1) is 5.80. The number of hydrogen-bond acceptors (Lipinski definition) is 1. The smallest absolute Gasteiger partial charge is 0.303 e. The van der Waals surface area contributed by atoms with Gasteiger partial charge in [-0.3, -0.25) is 0 Å². The third-order valence-corrected chi connectivity index (χ3v) is 1.31. The van der Waals surface area contributed by atoms with E-state index in [2.05, 4.69) is 17.6 Å². The molecule has 0 aromatic carbocycles. The normalized spacial score (nSPS) is 10.2. The summed E-state index contributed by atoms with van der Waals surface area (Å²) in [6.45, 7) is 2.08. The van der Waals surface area contributed by atoms with Crippen molar-refractivity contribution in [2.75, 3.05) is 0 Å². The van der Waals surface area contributed by atoms with Crippen molar-refractivity contribution in [1.29, 1.82) is 0 Å². The molecule has 0 amide bonds. The Kier molecular flexibility index (Phi) is 4.80. The lowest BCUT2D eigenvalue weighted by Gasteiger charge is -1.87. The molecular formula is C7H13NO4P+. The Bertz CT molecular complexity index is 280. The molecule has 0 saturated heterocycles. The molecule has 3 N–H and O–H groups in total. The van der Waals surface area contributed by atoms with Gasteiger partial charge in [-0.25, -0.2) is 9.13 Å². The third-order valence-electron chi connectivity index (χ3n) is 1.31. The minimum absolute atomic E-state index is 1.28. The van der Waals surface area contributed by atoms with Crippen molar-refractivity contribution in [3.8, 4) is 0 Å². The van der Waals surface area contributed by atoms with Gasteiger partial charge in [-0.15, -0.1) is 0 Å². The summed E-state index contributed by atoms with van der Waals surface area (Å²) < 4.78 is 11.0. The van der Waals surface area contributed by atoms with Gasteiger partial charge in [-0.2, -0.15) is 0 Å². The van der Waals surface area contributed by atoms with E-state index in [0.29, 0.717) is 0 Å². The monoisotopic (exact) mass is 206 g/mol. The molecule has 1 rings (SSSR count). The third kappa shape index (κ3) is 9.17. The summed E-state index contributed by atoms with van der Waals surface area (Å²) in [4.78, 5) is 21.6. The predicted molar refractivity (Wildman–Crippen MR) is 46.6 cm³/mol.